The number of carbonyl (C=O) groups is 1. The van der Waals surface area contributed by atoms with Crippen molar-refractivity contribution in [2.24, 2.45) is 0 Å². The van der Waals surface area contributed by atoms with Gasteiger partial charge in [0.05, 0.1) is 0 Å². The van der Waals surface area contributed by atoms with Gasteiger partial charge in [0.2, 0.25) is 0 Å². The maximum atomic E-state index is 12.3. The highest BCUT2D eigenvalue weighted by molar-refractivity contribution is 6.01. The maximum Gasteiger partial charge on any atom is 0.262 e. The molecule has 1 N–H and O–H groups in total. The van der Waals surface area contributed by atoms with Crippen LogP contribution < -0.4 is 5.32 Å². The van der Waals surface area contributed by atoms with Crippen molar-refractivity contribution < 1.29 is 4.79 Å². The molecule has 1 aromatic carbocycles. The second-order valence-electron chi connectivity index (χ2n) is 6.52. The van der Waals surface area contributed by atoms with Crippen LogP contribution in [-0.4, -0.2) is 10.5 Å². The number of carbonyl (C=O) groups excluding carboxylic acids is 1. The van der Waals surface area contributed by atoms with Crippen molar-refractivity contribution in [1.82, 2.24) is 9.88 Å². The van der Waals surface area contributed by atoms with Crippen molar-refractivity contribution in [3.63, 3.8) is 0 Å². The van der Waals surface area contributed by atoms with Crippen LogP contribution in [0.15, 0.2) is 54.4 Å². The third-order valence-electron chi connectivity index (χ3n) is 4.71. The van der Waals surface area contributed by atoms with Crippen LogP contribution in [0.25, 0.3) is 6.08 Å². The Bertz CT molecular complexity index is 777. The van der Waals surface area contributed by atoms with Crippen LogP contribution >= 0.6 is 0 Å². The molecule has 1 amide bonds. The molecule has 0 atom stereocenters. The summed E-state index contributed by atoms with van der Waals surface area (Å²) in [4.78, 5) is 12.3. The largest absolute Gasteiger partial charge is 0.351 e. The van der Waals surface area contributed by atoms with Crippen LogP contribution in [-0.2, 0) is 11.3 Å². The SMILES string of the molecule is N#C/C(=C\c1ccn(C2CCCCC2)c1)C(=O)NCc1ccccc1. The Kier molecular flexibility index (Phi) is 5.69. The summed E-state index contributed by atoms with van der Waals surface area (Å²) in [5.74, 6) is -0.336. The second kappa shape index (κ2) is 8.34. The molecule has 0 bridgehead atoms. The van der Waals surface area contributed by atoms with E-state index in [0.29, 0.717) is 12.6 Å². The van der Waals surface area contributed by atoms with Crippen LogP contribution in [0.4, 0.5) is 0 Å². The molecule has 0 unspecified atom stereocenters. The van der Waals surface area contributed by atoms with E-state index in [1.807, 2.05) is 48.7 Å². The lowest BCUT2D eigenvalue weighted by Gasteiger charge is -2.23. The molecule has 1 saturated carbocycles. The Balaban J connectivity index is 1.64. The second-order valence-corrected chi connectivity index (χ2v) is 6.52. The number of nitrogens with zero attached hydrogens (tertiary/aromatic N) is 2. The molecule has 0 aliphatic heterocycles. The minimum atomic E-state index is -0.336. The molecule has 1 aliphatic carbocycles. The zero-order valence-electron chi connectivity index (χ0n) is 14.3. The summed E-state index contributed by atoms with van der Waals surface area (Å²) in [6.07, 6.45) is 12.1. The summed E-state index contributed by atoms with van der Waals surface area (Å²) in [6.45, 7) is 0.418. The normalized spacial score (nSPS) is 15.6. The van der Waals surface area contributed by atoms with E-state index in [4.69, 9.17) is 0 Å². The number of nitriles is 1. The van der Waals surface area contributed by atoms with Crippen molar-refractivity contribution in [2.75, 3.05) is 0 Å². The quantitative estimate of drug-likeness (QED) is 0.658. The summed E-state index contributed by atoms with van der Waals surface area (Å²) in [6, 6.07) is 14.2. The molecular weight excluding hydrogens is 310 g/mol. The van der Waals surface area contributed by atoms with Crippen molar-refractivity contribution in [2.45, 2.75) is 44.7 Å². The lowest BCUT2D eigenvalue weighted by Crippen LogP contribution is -2.23. The van der Waals surface area contributed by atoms with Gasteiger partial charge < -0.3 is 9.88 Å². The molecule has 0 saturated heterocycles. The number of benzene rings is 1. The summed E-state index contributed by atoms with van der Waals surface area (Å²) in [5, 5.41) is 12.1. The molecule has 25 heavy (non-hydrogen) atoms. The van der Waals surface area contributed by atoms with E-state index in [1.54, 1.807) is 6.08 Å². The predicted molar refractivity (Wildman–Crippen MR) is 98.4 cm³/mol. The van der Waals surface area contributed by atoms with Crippen molar-refractivity contribution in [1.29, 1.82) is 5.26 Å². The van der Waals surface area contributed by atoms with Crippen LogP contribution in [0.5, 0.6) is 0 Å². The maximum absolute atomic E-state index is 12.3. The van der Waals surface area contributed by atoms with Gasteiger partial charge in [-0.2, -0.15) is 5.26 Å². The van der Waals surface area contributed by atoms with Gasteiger partial charge >= 0.3 is 0 Å². The Morgan fingerprint density at radius 3 is 2.68 bits per heavy atom. The molecule has 0 radical (unpaired) electrons. The molecule has 0 spiro atoms. The Morgan fingerprint density at radius 1 is 1.20 bits per heavy atom. The average Bonchev–Trinajstić information content (AvgIpc) is 3.14. The third kappa shape index (κ3) is 4.60. The van der Waals surface area contributed by atoms with Crippen molar-refractivity contribution in [3.05, 3.63) is 65.5 Å². The molecule has 128 valence electrons. The number of amides is 1. The van der Waals surface area contributed by atoms with E-state index in [9.17, 15) is 10.1 Å². The van der Waals surface area contributed by atoms with Crippen LogP contribution in [0.3, 0.4) is 0 Å². The molecule has 1 fully saturated rings. The van der Waals surface area contributed by atoms with Crippen LogP contribution in [0, 0.1) is 11.3 Å². The average molecular weight is 333 g/mol. The first-order valence-electron chi connectivity index (χ1n) is 8.87. The summed E-state index contributed by atoms with van der Waals surface area (Å²) < 4.78 is 2.22. The third-order valence-corrected chi connectivity index (χ3v) is 4.71. The van der Waals surface area contributed by atoms with Gasteiger partial charge in [0.15, 0.2) is 0 Å². The number of hydrogen-bond donors (Lipinski definition) is 1. The van der Waals surface area contributed by atoms with E-state index < -0.39 is 0 Å². The molecular formula is C21H23N3O. The summed E-state index contributed by atoms with van der Waals surface area (Å²) in [5.41, 5.74) is 2.05. The fourth-order valence-corrected chi connectivity index (χ4v) is 3.31. The van der Waals surface area contributed by atoms with Crippen LogP contribution in [0.2, 0.25) is 0 Å². The van der Waals surface area contributed by atoms with Crippen molar-refractivity contribution >= 4 is 12.0 Å². The smallest absolute Gasteiger partial charge is 0.262 e. The minimum absolute atomic E-state index is 0.136. The number of nitrogens with one attached hydrogen (secondary N) is 1. The lowest BCUT2D eigenvalue weighted by atomic mass is 9.95. The number of hydrogen-bond acceptors (Lipinski definition) is 2. The van der Waals surface area contributed by atoms with E-state index in [2.05, 4.69) is 16.1 Å². The highest BCUT2D eigenvalue weighted by Crippen LogP contribution is 2.28. The Morgan fingerprint density at radius 2 is 1.96 bits per heavy atom. The van der Waals surface area contributed by atoms with E-state index >= 15 is 0 Å². The molecule has 3 rings (SSSR count). The zero-order chi connectivity index (χ0) is 17.5. The zero-order valence-corrected chi connectivity index (χ0v) is 14.3. The van der Waals surface area contributed by atoms with Gasteiger partial charge in [-0.3, -0.25) is 4.79 Å². The van der Waals surface area contributed by atoms with E-state index in [1.165, 1.54) is 32.1 Å². The van der Waals surface area contributed by atoms with Gasteiger partial charge in [0.25, 0.3) is 5.91 Å². The summed E-state index contributed by atoms with van der Waals surface area (Å²) in [7, 11) is 0. The molecule has 4 nitrogen and oxygen atoms in total. The molecule has 2 aromatic rings. The van der Waals surface area contributed by atoms with Gasteiger partial charge in [0, 0.05) is 25.0 Å². The molecule has 1 heterocycles. The van der Waals surface area contributed by atoms with Gasteiger partial charge in [-0.25, -0.2) is 0 Å². The predicted octanol–water partition coefficient (Wildman–Crippen LogP) is 4.22. The fourth-order valence-electron chi connectivity index (χ4n) is 3.31. The standard InChI is InChI=1S/C21H23N3O/c22-14-19(21(25)23-15-17-7-3-1-4-8-17)13-18-11-12-24(16-18)20-9-5-2-6-10-20/h1,3-4,7-8,11-13,16,20H,2,5-6,9-10,15H2,(H,23,25)/b19-13+. The van der Waals surface area contributed by atoms with Crippen LogP contribution in [0.1, 0.15) is 49.3 Å². The monoisotopic (exact) mass is 333 g/mol. The first kappa shape index (κ1) is 17.0. The first-order chi connectivity index (χ1) is 12.3. The van der Waals surface area contributed by atoms with E-state index in [-0.39, 0.29) is 11.5 Å². The van der Waals surface area contributed by atoms with Gasteiger partial charge in [-0.15, -0.1) is 0 Å². The lowest BCUT2D eigenvalue weighted by molar-refractivity contribution is -0.117. The van der Waals surface area contributed by atoms with Gasteiger partial charge in [-0.05, 0) is 36.1 Å². The highest BCUT2D eigenvalue weighted by Gasteiger charge is 2.15. The van der Waals surface area contributed by atoms with Crippen molar-refractivity contribution in [3.8, 4) is 6.07 Å². The number of rotatable bonds is 5. The molecule has 1 aliphatic rings. The molecule has 4 heteroatoms. The topological polar surface area (TPSA) is 57.8 Å². The molecule has 1 aromatic heterocycles. The van der Waals surface area contributed by atoms with E-state index in [0.717, 1.165) is 11.1 Å². The van der Waals surface area contributed by atoms with Gasteiger partial charge in [-0.1, -0.05) is 49.6 Å². The minimum Gasteiger partial charge on any atom is -0.351 e. The Hall–Kier alpha value is -2.80. The van der Waals surface area contributed by atoms with Gasteiger partial charge in [0.1, 0.15) is 11.6 Å². The Labute approximate surface area is 148 Å². The highest BCUT2D eigenvalue weighted by atomic mass is 16.1. The number of aromatic nitrogens is 1. The first-order valence-corrected chi connectivity index (χ1v) is 8.87. The fraction of sp³-hybridized carbons (Fsp3) is 0.333. The summed E-state index contributed by atoms with van der Waals surface area (Å²) >= 11 is 0.